The molecule has 1 heterocycles. The fourth-order valence-corrected chi connectivity index (χ4v) is 6.58. The number of fused-ring (bicyclic) bond motifs is 1. The number of hydrogen-bond acceptors (Lipinski definition) is 6. The minimum atomic E-state index is -3.92. The Morgan fingerprint density at radius 3 is 2.40 bits per heavy atom. The molecule has 0 spiro atoms. The van der Waals surface area contributed by atoms with Crippen molar-refractivity contribution >= 4 is 28.1 Å². The molecule has 3 aromatic carbocycles. The molecule has 40 heavy (non-hydrogen) atoms. The van der Waals surface area contributed by atoms with Crippen molar-refractivity contribution in [1.82, 2.24) is 9.21 Å². The summed E-state index contributed by atoms with van der Waals surface area (Å²) in [6, 6.07) is 21.1. The first kappa shape index (κ1) is 29.5. The normalized spacial score (nSPS) is 19.9. The van der Waals surface area contributed by atoms with Gasteiger partial charge in [-0.05, 0) is 54.9 Å². The smallest absolute Gasteiger partial charge is 0.335 e. The fraction of sp³-hybridized carbons (Fsp3) is 0.323. The Morgan fingerprint density at radius 1 is 1.07 bits per heavy atom. The Morgan fingerprint density at radius 2 is 1.75 bits per heavy atom. The van der Waals surface area contributed by atoms with Crippen molar-refractivity contribution in [1.29, 1.82) is 0 Å². The highest BCUT2D eigenvalue weighted by molar-refractivity contribution is 7.89. The second kappa shape index (κ2) is 12.8. The maximum absolute atomic E-state index is 13.7. The largest absolute Gasteiger partial charge is 0.487 e. The molecule has 0 unspecified atom stereocenters. The van der Waals surface area contributed by atoms with Crippen LogP contribution in [0, 0.1) is 5.92 Å². The molecular formula is C31H36N2O6S. The van der Waals surface area contributed by atoms with Crippen LogP contribution in [0.15, 0.2) is 77.7 Å². The summed E-state index contributed by atoms with van der Waals surface area (Å²) in [5.74, 6) is -0.872. The van der Waals surface area contributed by atoms with E-state index in [0.717, 1.165) is 16.7 Å². The first-order valence-electron chi connectivity index (χ1n) is 13.3. The van der Waals surface area contributed by atoms with Crippen LogP contribution in [0.1, 0.15) is 40.9 Å². The van der Waals surface area contributed by atoms with Crippen LogP contribution < -0.4 is 4.74 Å². The molecule has 0 aromatic heterocycles. The summed E-state index contributed by atoms with van der Waals surface area (Å²) in [6.07, 6.45) is 3.53. The highest BCUT2D eigenvalue weighted by Crippen LogP contribution is 2.34. The van der Waals surface area contributed by atoms with Gasteiger partial charge in [-0.1, -0.05) is 67.6 Å². The molecule has 0 fully saturated rings. The first-order valence-corrected chi connectivity index (χ1v) is 14.7. The van der Waals surface area contributed by atoms with Crippen LogP contribution in [0.25, 0.3) is 12.2 Å². The zero-order chi connectivity index (χ0) is 28.9. The summed E-state index contributed by atoms with van der Waals surface area (Å²) < 4.78 is 35.3. The fourth-order valence-electron chi connectivity index (χ4n) is 4.76. The van der Waals surface area contributed by atoms with Crippen LogP contribution in [0.5, 0.6) is 5.75 Å². The lowest BCUT2D eigenvalue weighted by Gasteiger charge is -2.37. The molecule has 0 saturated carbocycles. The predicted octanol–water partition coefficient (Wildman–Crippen LogP) is 4.46. The molecule has 4 rings (SSSR count). The number of benzene rings is 3. The number of aromatic carboxylic acids is 1. The highest BCUT2D eigenvalue weighted by Gasteiger charge is 2.38. The van der Waals surface area contributed by atoms with Gasteiger partial charge in [-0.15, -0.1) is 0 Å². The third-order valence-electron chi connectivity index (χ3n) is 7.10. The van der Waals surface area contributed by atoms with Gasteiger partial charge >= 0.3 is 5.97 Å². The number of ether oxygens (including phenoxy) is 1. The van der Waals surface area contributed by atoms with Gasteiger partial charge in [0.15, 0.2) is 0 Å². The molecule has 0 saturated heterocycles. The van der Waals surface area contributed by atoms with E-state index in [9.17, 15) is 18.3 Å². The topological polar surface area (TPSA) is 107 Å². The van der Waals surface area contributed by atoms with Crippen molar-refractivity contribution in [3.8, 4) is 5.75 Å². The van der Waals surface area contributed by atoms with Gasteiger partial charge in [-0.3, -0.25) is 4.90 Å². The van der Waals surface area contributed by atoms with E-state index in [1.165, 1.54) is 4.31 Å². The van der Waals surface area contributed by atoms with E-state index in [4.69, 9.17) is 9.84 Å². The number of likely N-dealkylation sites (N-methyl/N-ethyl adjacent to an activating group) is 1. The summed E-state index contributed by atoms with van der Waals surface area (Å²) in [6.45, 7) is 4.63. The van der Waals surface area contributed by atoms with E-state index in [1.54, 1.807) is 49.4 Å². The van der Waals surface area contributed by atoms with Crippen LogP contribution in [-0.2, 0) is 16.6 Å². The third-order valence-corrected chi connectivity index (χ3v) is 9.12. The van der Waals surface area contributed by atoms with Gasteiger partial charge in [0, 0.05) is 31.6 Å². The molecule has 1 aliphatic heterocycles. The Balaban J connectivity index is 1.64. The number of aliphatic hydroxyl groups excluding tert-OH is 1. The lowest BCUT2D eigenvalue weighted by Crippen LogP contribution is -2.49. The minimum absolute atomic E-state index is 0.0773. The molecule has 0 bridgehead atoms. The average Bonchev–Trinajstić information content (AvgIpc) is 2.94. The maximum Gasteiger partial charge on any atom is 0.335 e. The van der Waals surface area contributed by atoms with E-state index in [2.05, 4.69) is 4.90 Å². The van der Waals surface area contributed by atoms with Crippen LogP contribution in [0.4, 0.5) is 0 Å². The molecular weight excluding hydrogens is 528 g/mol. The van der Waals surface area contributed by atoms with Gasteiger partial charge in [-0.2, -0.15) is 4.31 Å². The van der Waals surface area contributed by atoms with Crippen LogP contribution in [-0.4, -0.2) is 72.7 Å². The lowest BCUT2D eigenvalue weighted by molar-refractivity contribution is 0.0697. The van der Waals surface area contributed by atoms with E-state index < -0.39 is 22.0 Å². The SMILES string of the molecule is C[C@H]1CN([C@@H](C)CO)S(=O)(=O)c2ccc(/C=C/c3ccccc3)cc2O[C@H]1CN(C)Cc1ccc(C(=O)O)cc1. The molecule has 1 aliphatic rings. The van der Waals surface area contributed by atoms with Gasteiger partial charge < -0.3 is 14.9 Å². The Hall–Kier alpha value is -3.50. The lowest BCUT2D eigenvalue weighted by atomic mass is 10.0. The molecule has 2 N–H and O–H groups in total. The standard InChI is InChI=1S/C31H36N2O6S/c1-22-18-33(23(2)21-34)40(37,38)30-16-13-25(10-9-24-7-5-4-6-8-24)17-28(30)39-29(22)20-32(3)19-26-11-14-27(15-12-26)31(35)36/h4-17,22-23,29,34H,18-21H2,1-3H3,(H,35,36)/b10-9+/t22-,23-,29-/m0/s1. The van der Waals surface area contributed by atoms with Gasteiger partial charge in [0.2, 0.25) is 10.0 Å². The zero-order valence-corrected chi connectivity index (χ0v) is 23.8. The number of carbonyl (C=O) groups is 1. The number of carboxylic acids is 1. The van der Waals surface area contributed by atoms with Crippen molar-refractivity contribution in [3.63, 3.8) is 0 Å². The average molecular weight is 565 g/mol. The Labute approximate surface area is 236 Å². The highest BCUT2D eigenvalue weighted by atomic mass is 32.2. The first-order chi connectivity index (χ1) is 19.1. The molecule has 8 nitrogen and oxygen atoms in total. The van der Waals surface area contributed by atoms with Crippen LogP contribution in [0.3, 0.4) is 0 Å². The monoisotopic (exact) mass is 564 g/mol. The summed E-state index contributed by atoms with van der Waals surface area (Å²) in [5, 5.41) is 19.0. The van der Waals surface area contributed by atoms with E-state index >= 15 is 0 Å². The molecule has 0 amide bonds. The van der Waals surface area contributed by atoms with Crippen LogP contribution in [0.2, 0.25) is 0 Å². The van der Waals surface area contributed by atoms with Gasteiger partial charge in [-0.25, -0.2) is 13.2 Å². The van der Waals surface area contributed by atoms with Crippen molar-refractivity contribution in [3.05, 3.63) is 95.1 Å². The number of hydrogen-bond donors (Lipinski definition) is 2. The molecule has 0 radical (unpaired) electrons. The quantitative estimate of drug-likeness (QED) is 0.370. The predicted molar refractivity (Wildman–Crippen MR) is 156 cm³/mol. The van der Waals surface area contributed by atoms with Crippen molar-refractivity contribution in [2.45, 2.75) is 37.4 Å². The molecule has 3 aromatic rings. The number of aliphatic hydroxyl groups is 1. The van der Waals surface area contributed by atoms with E-state index in [1.807, 2.05) is 56.5 Å². The second-order valence-corrected chi connectivity index (χ2v) is 12.2. The maximum atomic E-state index is 13.7. The number of sulfonamides is 1. The second-order valence-electron chi connectivity index (χ2n) is 10.4. The summed E-state index contributed by atoms with van der Waals surface area (Å²) in [7, 11) is -1.97. The van der Waals surface area contributed by atoms with Crippen molar-refractivity contribution < 1.29 is 28.2 Å². The summed E-state index contributed by atoms with van der Waals surface area (Å²) >= 11 is 0. The number of carboxylic acid groups (broad SMARTS) is 1. The van der Waals surface area contributed by atoms with Crippen molar-refractivity contribution in [2.75, 3.05) is 26.7 Å². The van der Waals surface area contributed by atoms with E-state index in [0.29, 0.717) is 13.1 Å². The number of rotatable bonds is 9. The van der Waals surface area contributed by atoms with Gasteiger partial charge in [0.05, 0.1) is 12.2 Å². The molecule has 212 valence electrons. The van der Waals surface area contributed by atoms with Crippen molar-refractivity contribution in [2.24, 2.45) is 5.92 Å². The molecule has 3 atom stereocenters. The minimum Gasteiger partial charge on any atom is -0.487 e. The number of nitrogens with zero attached hydrogens (tertiary/aromatic N) is 2. The van der Waals surface area contributed by atoms with Gasteiger partial charge in [0.1, 0.15) is 16.7 Å². The molecule has 9 heteroatoms. The van der Waals surface area contributed by atoms with Gasteiger partial charge in [0.25, 0.3) is 0 Å². The van der Waals surface area contributed by atoms with E-state index in [-0.39, 0.29) is 41.4 Å². The summed E-state index contributed by atoms with van der Waals surface area (Å²) in [5.41, 5.74) is 3.02. The third kappa shape index (κ3) is 6.98. The molecule has 0 aliphatic carbocycles. The zero-order valence-electron chi connectivity index (χ0n) is 23.0. The van der Waals surface area contributed by atoms with Crippen LogP contribution >= 0.6 is 0 Å². The Kier molecular flexibility index (Phi) is 9.42. The summed E-state index contributed by atoms with van der Waals surface area (Å²) in [4.78, 5) is 13.3. The Bertz CT molecular complexity index is 1440.